The van der Waals surface area contributed by atoms with Crippen LogP contribution in [0.4, 0.5) is 11.4 Å². The number of nitro benzene ring substituents is 1. The number of benzene rings is 1. The average Bonchev–Trinajstić information content (AvgIpc) is 2.31. The van der Waals surface area contributed by atoms with Gasteiger partial charge in [0.2, 0.25) is 0 Å². The Balaban J connectivity index is 3.26. The van der Waals surface area contributed by atoms with Crippen LogP contribution in [0.1, 0.15) is 13.3 Å². The summed E-state index contributed by atoms with van der Waals surface area (Å²) in [7, 11) is 1.68. The molecule has 0 spiro atoms. The summed E-state index contributed by atoms with van der Waals surface area (Å²) in [6, 6.07) is 4.52. The minimum atomic E-state index is -0.521. The summed E-state index contributed by atoms with van der Waals surface area (Å²) in [5, 5.41) is 20.0. The van der Waals surface area contributed by atoms with Gasteiger partial charge in [-0.2, -0.15) is 5.26 Å². The highest BCUT2D eigenvalue weighted by Gasteiger charge is 2.22. The fraction of sp³-hybridized carbons (Fsp3) is 0.364. The van der Waals surface area contributed by atoms with Crippen molar-refractivity contribution in [2.75, 3.05) is 11.9 Å². The van der Waals surface area contributed by atoms with Crippen molar-refractivity contribution in [3.05, 3.63) is 32.3 Å². The minimum absolute atomic E-state index is 0.128. The van der Waals surface area contributed by atoms with Gasteiger partial charge in [0.15, 0.2) is 0 Å². The number of rotatable bonds is 4. The molecule has 0 saturated carbocycles. The Morgan fingerprint density at radius 1 is 1.50 bits per heavy atom. The highest BCUT2D eigenvalue weighted by Crippen LogP contribution is 2.36. The van der Waals surface area contributed by atoms with Crippen LogP contribution in [0.15, 0.2) is 12.1 Å². The monoisotopic (exact) mass is 287 g/mol. The molecular formula is C11H11Cl2N3O2. The molecule has 5 nitrogen and oxygen atoms in total. The molecule has 0 radical (unpaired) electrons. The van der Waals surface area contributed by atoms with E-state index in [0.717, 1.165) is 0 Å². The Kier molecular flexibility index (Phi) is 4.76. The molecule has 1 atom stereocenters. The molecule has 0 amide bonds. The molecule has 0 bridgehead atoms. The molecule has 0 aliphatic carbocycles. The van der Waals surface area contributed by atoms with Gasteiger partial charge in [-0.15, -0.1) is 0 Å². The number of hydrogen-bond acceptors (Lipinski definition) is 4. The van der Waals surface area contributed by atoms with Crippen molar-refractivity contribution < 1.29 is 4.92 Å². The smallest absolute Gasteiger partial charge is 0.294 e. The first-order valence-electron chi connectivity index (χ1n) is 5.11. The van der Waals surface area contributed by atoms with E-state index in [-0.39, 0.29) is 28.2 Å². The SMILES string of the molecule is CC(CC#N)N(C)c1cc(Cl)c(Cl)cc1[N+](=O)[O-]. The maximum absolute atomic E-state index is 11.0. The van der Waals surface area contributed by atoms with E-state index in [1.807, 2.05) is 6.07 Å². The molecule has 1 aromatic carbocycles. The van der Waals surface area contributed by atoms with E-state index in [9.17, 15) is 10.1 Å². The summed E-state index contributed by atoms with van der Waals surface area (Å²) < 4.78 is 0. The van der Waals surface area contributed by atoms with Crippen molar-refractivity contribution in [2.45, 2.75) is 19.4 Å². The Labute approximate surface area is 115 Å². The van der Waals surface area contributed by atoms with E-state index < -0.39 is 4.92 Å². The van der Waals surface area contributed by atoms with E-state index in [4.69, 9.17) is 28.5 Å². The number of halogens is 2. The van der Waals surface area contributed by atoms with Crippen molar-refractivity contribution >= 4 is 34.6 Å². The largest absolute Gasteiger partial charge is 0.365 e. The van der Waals surface area contributed by atoms with E-state index in [2.05, 4.69) is 0 Å². The van der Waals surface area contributed by atoms with Crippen LogP contribution >= 0.6 is 23.2 Å². The Bertz CT molecular complexity index is 514. The quantitative estimate of drug-likeness (QED) is 0.626. The van der Waals surface area contributed by atoms with Crippen LogP contribution in [-0.2, 0) is 0 Å². The lowest BCUT2D eigenvalue weighted by molar-refractivity contribution is -0.384. The van der Waals surface area contributed by atoms with Crippen molar-refractivity contribution in [1.82, 2.24) is 0 Å². The number of nitro groups is 1. The van der Waals surface area contributed by atoms with Crippen LogP contribution in [0.2, 0.25) is 10.0 Å². The summed E-state index contributed by atoms with van der Waals surface area (Å²) in [4.78, 5) is 12.1. The third-order valence-electron chi connectivity index (χ3n) is 2.64. The minimum Gasteiger partial charge on any atom is -0.365 e. The molecule has 7 heteroatoms. The zero-order valence-electron chi connectivity index (χ0n) is 9.85. The van der Waals surface area contributed by atoms with E-state index >= 15 is 0 Å². The molecule has 0 aromatic heterocycles. The average molecular weight is 288 g/mol. The van der Waals surface area contributed by atoms with Crippen molar-refractivity contribution in [3.63, 3.8) is 0 Å². The third kappa shape index (κ3) is 3.03. The van der Waals surface area contributed by atoms with Gasteiger partial charge in [-0.05, 0) is 13.0 Å². The number of hydrogen-bond donors (Lipinski definition) is 0. The van der Waals surface area contributed by atoms with Crippen LogP contribution in [0, 0.1) is 21.4 Å². The van der Waals surface area contributed by atoms with Crippen LogP contribution in [0.25, 0.3) is 0 Å². The lowest BCUT2D eigenvalue weighted by atomic mass is 10.2. The molecule has 96 valence electrons. The molecule has 0 aliphatic rings. The fourth-order valence-electron chi connectivity index (χ4n) is 1.46. The van der Waals surface area contributed by atoms with Crippen LogP contribution in [0.3, 0.4) is 0 Å². The van der Waals surface area contributed by atoms with Gasteiger partial charge in [-0.25, -0.2) is 0 Å². The fourth-order valence-corrected chi connectivity index (χ4v) is 1.78. The Hall–Kier alpha value is -1.51. The van der Waals surface area contributed by atoms with Gasteiger partial charge in [-0.3, -0.25) is 10.1 Å². The zero-order valence-corrected chi connectivity index (χ0v) is 11.4. The van der Waals surface area contributed by atoms with Crippen molar-refractivity contribution in [3.8, 4) is 6.07 Å². The van der Waals surface area contributed by atoms with Crippen LogP contribution < -0.4 is 4.90 Å². The molecule has 0 N–H and O–H groups in total. The van der Waals surface area contributed by atoms with E-state index in [0.29, 0.717) is 5.69 Å². The summed E-state index contributed by atoms with van der Waals surface area (Å²) in [5.41, 5.74) is 0.217. The number of nitriles is 1. The van der Waals surface area contributed by atoms with E-state index in [1.54, 1.807) is 18.9 Å². The van der Waals surface area contributed by atoms with Gasteiger partial charge >= 0.3 is 0 Å². The molecule has 0 saturated heterocycles. The maximum atomic E-state index is 11.0. The molecule has 0 aliphatic heterocycles. The predicted molar refractivity (Wildman–Crippen MR) is 71.2 cm³/mol. The standard InChI is InChI=1S/C11H11Cl2N3O2/c1-7(3-4-14)15(2)10-5-8(12)9(13)6-11(10)16(17)18/h5-7H,3H2,1-2H3. The first-order chi connectivity index (χ1) is 8.38. The van der Waals surface area contributed by atoms with Crippen LogP contribution in [0.5, 0.6) is 0 Å². The van der Waals surface area contributed by atoms with Gasteiger partial charge in [0.1, 0.15) is 5.69 Å². The van der Waals surface area contributed by atoms with E-state index in [1.165, 1.54) is 12.1 Å². The molecule has 1 aromatic rings. The topological polar surface area (TPSA) is 70.2 Å². The van der Waals surface area contributed by atoms with Crippen LogP contribution in [-0.4, -0.2) is 18.0 Å². The molecule has 1 rings (SSSR count). The lowest BCUT2D eigenvalue weighted by Gasteiger charge is -2.25. The third-order valence-corrected chi connectivity index (χ3v) is 3.36. The van der Waals surface area contributed by atoms with Crippen molar-refractivity contribution in [2.24, 2.45) is 0 Å². The van der Waals surface area contributed by atoms with Gasteiger partial charge < -0.3 is 4.90 Å². The molecular weight excluding hydrogens is 277 g/mol. The zero-order chi connectivity index (χ0) is 13.9. The summed E-state index contributed by atoms with van der Waals surface area (Å²) in [6.07, 6.45) is 0.258. The molecule has 0 fully saturated rings. The second-order valence-corrected chi connectivity index (χ2v) is 4.65. The predicted octanol–water partition coefficient (Wildman–Crippen LogP) is 3.64. The number of nitrogens with zero attached hydrogens (tertiary/aromatic N) is 3. The summed E-state index contributed by atoms with van der Waals surface area (Å²) >= 11 is 11.6. The summed E-state index contributed by atoms with van der Waals surface area (Å²) in [5.74, 6) is 0. The second-order valence-electron chi connectivity index (χ2n) is 3.83. The van der Waals surface area contributed by atoms with Gasteiger partial charge in [0.05, 0.1) is 27.5 Å². The molecule has 1 unspecified atom stereocenters. The number of anilines is 1. The normalized spacial score (nSPS) is 11.7. The molecule has 18 heavy (non-hydrogen) atoms. The Morgan fingerprint density at radius 2 is 2.06 bits per heavy atom. The summed E-state index contributed by atoms with van der Waals surface area (Å²) in [6.45, 7) is 1.80. The van der Waals surface area contributed by atoms with Gasteiger partial charge in [0.25, 0.3) is 5.69 Å². The van der Waals surface area contributed by atoms with Gasteiger partial charge in [-0.1, -0.05) is 23.2 Å². The highest BCUT2D eigenvalue weighted by atomic mass is 35.5. The second kappa shape index (κ2) is 5.89. The first kappa shape index (κ1) is 14.6. The maximum Gasteiger partial charge on any atom is 0.294 e. The lowest BCUT2D eigenvalue weighted by Crippen LogP contribution is -2.29. The highest BCUT2D eigenvalue weighted by molar-refractivity contribution is 6.42. The molecule has 0 heterocycles. The first-order valence-corrected chi connectivity index (χ1v) is 5.87. The van der Waals surface area contributed by atoms with Gasteiger partial charge in [0, 0.05) is 19.2 Å². The Morgan fingerprint density at radius 3 is 2.56 bits per heavy atom. The van der Waals surface area contributed by atoms with Crippen molar-refractivity contribution in [1.29, 1.82) is 5.26 Å².